The third-order valence-corrected chi connectivity index (χ3v) is 66.1. The Labute approximate surface area is 759 Å². The number of hydrogen-bond donors (Lipinski definition) is 1. The summed E-state index contributed by atoms with van der Waals surface area (Å²) in [6.45, 7) is 0. The average Bonchev–Trinajstić information content (AvgIpc) is 1.67. The van der Waals surface area contributed by atoms with E-state index in [1.54, 1.807) is 53.4 Å². The molecule has 11 heterocycles. The second-order valence-electron chi connectivity index (χ2n) is 29.9. The molecule has 0 saturated carbocycles. The van der Waals surface area contributed by atoms with Crippen molar-refractivity contribution in [3.05, 3.63) is 285 Å². The van der Waals surface area contributed by atoms with E-state index < -0.39 is 93.9 Å². The quantitative estimate of drug-likeness (QED) is 0.0337. The average molecular weight is 2480 g/mol. The van der Waals surface area contributed by atoms with Crippen LogP contribution in [0.5, 0.6) is 0 Å². The number of nitrogens with one attached hydrogen (secondary N) is 1. The maximum atomic E-state index is 12.8. The van der Waals surface area contributed by atoms with Gasteiger partial charge in [-0.25, -0.2) is 0 Å². The van der Waals surface area contributed by atoms with Crippen molar-refractivity contribution in [3.8, 4) is 0 Å². The third-order valence-electron chi connectivity index (χ3n) is 21.4. The molecule has 6 aliphatic rings. The fraction of sp³-hybridized carbons (Fsp3) is 0.144. The third kappa shape index (κ3) is 18.6. The number of para-hydroxylation sites is 8. The van der Waals surface area contributed by atoms with Gasteiger partial charge in [-0.05, 0) is 12.2 Å². The Bertz CT molecular complexity index is 5550. The maximum absolute atomic E-state index is 12.8. The number of hydrogen-bond acceptors (Lipinski definition) is 11. The van der Waals surface area contributed by atoms with E-state index in [1.807, 2.05) is 6.07 Å². The number of fused-ring (bicyclic) bond motifs is 8. The number of likely N-dealkylation sites (N-methyl/N-ethyl adjacent to an activating group) is 2. The molecule has 115 heavy (non-hydrogen) atoms. The van der Waals surface area contributed by atoms with Crippen LogP contribution in [0.1, 0.15) is 18.4 Å². The molecule has 0 unspecified atom stereocenters. The van der Waals surface area contributed by atoms with Crippen LogP contribution in [0.15, 0.2) is 277 Å². The van der Waals surface area contributed by atoms with Gasteiger partial charge in [0.05, 0.1) is 0 Å². The SMILES string of the molecule is CN1C(=O)C(=Cc2ccc(N3c4cccc[c]4[Ge]([CH3])([CH3])[c]4ccccc43)[te]2)C(=O)N(C)C1=S.CN1C(=O)CC(=O)N(C)C1=S.Ic1ccc[te]1.[CH3][Ge]1([CH3])[c]2ccccc2N(c2ccc(C=O)[te]2)c2cccc[c]21.[CH3][Ge]1([CH3])[c]2ccccc2N(c2ccc[te]2)c2cccc[c]21.[CH3][Ge]1([CH3])[c]2ccccc2Nc2cccc[c]21.c1cc[te]c1. The van der Waals surface area contributed by atoms with Crippen LogP contribution in [0.3, 0.4) is 0 Å². The molecule has 8 aromatic carbocycles. The van der Waals surface area contributed by atoms with Gasteiger partial charge in [-0.15, -0.1) is 0 Å². The van der Waals surface area contributed by atoms with E-state index in [2.05, 4.69) is 354 Å². The summed E-state index contributed by atoms with van der Waals surface area (Å²) in [4.78, 5) is 71.2. The molecule has 0 radical (unpaired) electrons. The van der Waals surface area contributed by atoms with Crippen LogP contribution in [0.4, 0.5) is 56.6 Å². The van der Waals surface area contributed by atoms with Crippen molar-refractivity contribution in [2.45, 2.75) is 52.5 Å². The van der Waals surface area contributed by atoms with E-state index in [4.69, 9.17) is 24.4 Å². The van der Waals surface area contributed by atoms with Gasteiger partial charge in [0.25, 0.3) is 0 Å². The molecule has 582 valence electrons. The van der Waals surface area contributed by atoms with E-state index in [9.17, 15) is 24.0 Å². The molecule has 2 saturated heterocycles. The van der Waals surface area contributed by atoms with Crippen molar-refractivity contribution in [1.29, 1.82) is 0 Å². The van der Waals surface area contributed by atoms with Crippen molar-refractivity contribution < 1.29 is 24.0 Å². The molecule has 1 N–H and O–H groups in total. The van der Waals surface area contributed by atoms with Crippen LogP contribution in [0, 0.1) is 1.59 Å². The fourth-order valence-electron chi connectivity index (χ4n) is 15.2. The minimum absolute atomic E-state index is 0.0763. The van der Waals surface area contributed by atoms with Crippen molar-refractivity contribution in [3.63, 3.8) is 0 Å². The van der Waals surface area contributed by atoms with Gasteiger partial charge in [0.1, 0.15) is 6.42 Å². The van der Waals surface area contributed by atoms with Crippen LogP contribution in [0.25, 0.3) is 6.08 Å². The van der Waals surface area contributed by atoms with E-state index in [1.165, 1.54) is 93.8 Å². The number of nitrogens with zero attached hydrogens (tertiary/aromatic N) is 7. The van der Waals surface area contributed by atoms with Gasteiger partial charge in [0.2, 0.25) is 11.8 Å². The monoisotopic (exact) mass is 2500 g/mol. The first-order valence-corrected chi connectivity index (χ1v) is 76.8. The van der Waals surface area contributed by atoms with Crippen LogP contribution >= 0.6 is 47.0 Å². The van der Waals surface area contributed by atoms with Gasteiger partial charge < -0.3 is 0 Å². The molecule has 2 fully saturated rings. The van der Waals surface area contributed by atoms with Crippen LogP contribution in [-0.4, -0.2) is 243 Å². The van der Waals surface area contributed by atoms with Gasteiger partial charge >= 0.3 is 701 Å². The molecule has 25 heteroatoms. The number of aldehydes is 1. The molecule has 0 aliphatic carbocycles. The Morgan fingerprint density at radius 1 is 0.357 bits per heavy atom. The van der Waals surface area contributed by atoms with Crippen LogP contribution in [0.2, 0.25) is 46.0 Å². The molecule has 19 rings (SSSR count). The number of rotatable bonds is 5. The summed E-state index contributed by atoms with van der Waals surface area (Å²) in [5.41, 5.74) is 10.9. The van der Waals surface area contributed by atoms with Gasteiger partial charge in [-0.1, -0.05) is 0 Å². The molecule has 0 spiro atoms. The minimum atomic E-state index is -2.41. The van der Waals surface area contributed by atoms with Crippen molar-refractivity contribution in [1.82, 2.24) is 19.6 Å². The standard InChI is InChI=1S/C25H23GeN3O2STe.C19H17GeNOTe.C18H17GeNTe.C14H15GeN.C6H8N2O2S.C4H3ITe.C4H4Te/c1-26(2)18-9-5-7-11-20(18)29(21-12-8-6-10-19(21)26)22-14-13-16(33-22)15-17-23(30)27(3)25(32)28(4)24(17)31;1-20(2)15-7-3-5-9-17(15)21(18-10-6-4-8-16(18)20)19-12-11-14(13-22)23-19;1-19(2)14-8-3-5-10-16(14)20(18-12-7-13-21-18)17-11-6-4-9-15(17)19;1-15(2)11-7-3-5-9-13(11)16-14-10-6-4-8-12(14)15;1-7-4(9)3-5(10)8(2)6(7)11;5-4-2-1-3-6-4;1-2-4-5-3-1/h5-15H,1-4H3;3-13H,1-2H3;3-13H,1-2H3;3-10,16H,1-2H3;3H2,1-2H3;1-3H;1-4H. The number of thiocarbonyl (C=S) groups is 2. The first kappa shape index (κ1) is 87.5. The number of amides is 4. The van der Waals surface area contributed by atoms with E-state index in [-0.39, 0.29) is 107 Å². The summed E-state index contributed by atoms with van der Waals surface area (Å²) in [7, 11) is 6.35. The Balaban J connectivity index is 0.000000125. The number of benzene rings is 8. The van der Waals surface area contributed by atoms with E-state index in [0.29, 0.717) is 0 Å². The van der Waals surface area contributed by atoms with E-state index >= 15 is 0 Å². The molecule has 0 atom stereocenters. The van der Waals surface area contributed by atoms with Crippen molar-refractivity contribution >= 4 is 340 Å². The number of carbonyl (C=O) groups is 5. The van der Waals surface area contributed by atoms with Crippen molar-refractivity contribution in [2.75, 3.05) is 48.2 Å². The van der Waals surface area contributed by atoms with E-state index in [0.717, 1.165) is 13.4 Å². The predicted molar refractivity (Wildman–Crippen MR) is 511 cm³/mol. The zero-order valence-corrected chi connectivity index (χ0v) is 89.7. The molecule has 4 amide bonds. The Kier molecular flexibility index (Phi) is 29.0. The second-order valence-corrected chi connectivity index (χ2v) is 84.3. The van der Waals surface area contributed by atoms with Gasteiger partial charge in [-0.3, -0.25) is 19.4 Å². The zero-order valence-electron chi connectivity index (χ0n) is 65.8. The summed E-state index contributed by atoms with van der Waals surface area (Å²) >= 11 is 2.34. The van der Waals surface area contributed by atoms with Crippen molar-refractivity contribution in [2.24, 2.45) is 0 Å². The molecule has 13 aromatic rings. The van der Waals surface area contributed by atoms with Gasteiger partial charge in [-0.2, -0.15) is 0 Å². The summed E-state index contributed by atoms with van der Waals surface area (Å²) in [5, 5.41) is 4.04. The molecule has 6 aliphatic heterocycles. The van der Waals surface area contributed by atoms with Gasteiger partial charge in [0.15, 0.2) is 5.11 Å². The fourth-order valence-corrected chi connectivity index (χ4v) is 51.7. The molecular formula is C90H87Ge4IN8O5S2Te5. The summed E-state index contributed by atoms with van der Waals surface area (Å²) in [6.07, 6.45) is 2.72. The number of halogens is 1. The Hall–Kier alpha value is -5.32. The topological polar surface area (TPSA) is 120 Å². The zero-order chi connectivity index (χ0) is 81.7. The normalized spacial score (nSPS) is 15.7. The first-order chi connectivity index (χ1) is 55.2. The summed E-state index contributed by atoms with van der Waals surface area (Å²) in [5.74, 6) is 18.7. The Morgan fingerprint density at radius 3 is 1.00 bits per heavy atom. The molecule has 5 aromatic heterocycles. The van der Waals surface area contributed by atoms with Crippen LogP contribution in [-0.2, 0) is 19.2 Å². The summed E-state index contributed by atoms with van der Waals surface area (Å²) in [6, 6.07) is 92.3. The Morgan fingerprint density at radius 2 is 0.678 bits per heavy atom. The number of carbonyl (C=O) groups excluding carboxylic acids is 5. The first-order valence-electron chi connectivity index (χ1n) is 37.3. The molecular weight excluding hydrogens is 2390 g/mol. The molecule has 13 nitrogen and oxygen atoms in total. The second kappa shape index (κ2) is 38.2. The number of anilines is 11. The van der Waals surface area contributed by atoms with Gasteiger partial charge in [0, 0.05) is 14.1 Å². The summed E-state index contributed by atoms with van der Waals surface area (Å²) < 4.78 is 29.2. The predicted octanol–water partition coefficient (Wildman–Crippen LogP) is 13.7. The van der Waals surface area contributed by atoms with Crippen LogP contribution < -0.4 is 55.2 Å². The molecule has 0 bridgehead atoms.